The average Bonchev–Trinajstić information content (AvgIpc) is 2.41. The predicted octanol–water partition coefficient (Wildman–Crippen LogP) is 1.10. The molecule has 0 radical (unpaired) electrons. The number of aryl methyl sites for hydroxylation is 1. The Hall–Kier alpha value is -2.57. The van der Waals surface area contributed by atoms with Gasteiger partial charge in [-0.05, 0) is 13.8 Å². The maximum absolute atomic E-state index is 12.5. The Labute approximate surface area is 122 Å². The quantitative estimate of drug-likeness (QED) is 0.472. The molecule has 0 unspecified atom stereocenters. The average molecular weight is 290 g/mol. The molecule has 112 valence electrons. The maximum Gasteiger partial charge on any atom is 0.309 e. The molecule has 0 fully saturated rings. The van der Waals surface area contributed by atoms with Gasteiger partial charge >= 0.3 is 5.97 Å². The summed E-state index contributed by atoms with van der Waals surface area (Å²) < 4.78 is 6.23. The van der Waals surface area contributed by atoms with Crippen LogP contribution < -0.4 is 5.56 Å². The molecule has 7 nitrogen and oxygen atoms in total. The number of nitrogens with zero attached hydrogens (tertiary/aromatic N) is 4. The molecule has 1 rings (SSSR count). The maximum atomic E-state index is 12.5. The summed E-state index contributed by atoms with van der Waals surface area (Å²) in [6, 6.07) is 0. The molecule has 1 aromatic heterocycles. The molecule has 0 aliphatic rings. The first-order valence-electron chi connectivity index (χ1n) is 6.26. The van der Waals surface area contributed by atoms with E-state index in [-0.39, 0.29) is 18.0 Å². The van der Waals surface area contributed by atoms with Crippen LogP contribution in [0, 0.1) is 6.92 Å². The fraction of sp³-hybridized carbons (Fsp3) is 0.357. The van der Waals surface area contributed by atoms with Gasteiger partial charge in [0.1, 0.15) is 6.54 Å². The molecular formula is C14H18N4O3. The van der Waals surface area contributed by atoms with E-state index >= 15 is 0 Å². The number of aromatic nitrogens is 2. The third-order valence-corrected chi connectivity index (χ3v) is 2.69. The molecule has 0 atom stereocenters. The summed E-state index contributed by atoms with van der Waals surface area (Å²) in [4.78, 5) is 35.4. The molecular weight excluding hydrogens is 272 g/mol. The molecule has 0 aliphatic carbocycles. The largest absolute Gasteiger partial charge is 0.410 e. The Balaban J connectivity index is 3.26. The summed E-state index contributed by atoms with van der Waals surface area (Å²) in [7, 11) is 1.48. The van der Waals surface area contributed by atoms with E-state index in [9.17, 15) is 9.59 Å². The van der Waals surface area contributed by atoms with Gasteiger partial charge in [-0.25, -0.2) is 4.98 Å². The highest BCUT2D eigenvalue weighted by molar-refractivity contribution is 5.99. The van der Waals surface area contributed by atoms with Crippen LogP contribution in [0.3, 0.4) is 0 Å². The minimum absolute atomic E-state index is 0.0244. The number of hydrogen-bond acceptors (Lipinski definition) is 6. The minimum atomic E-state index is -0.492. The number of esters is 1. The monoisotopic (exact) mass is 290 g/mol. The summed E-state index contributed by atoms with van der Waals surface area (Å²) in [6.45, 7) is 8.24. The van der Waals surface area contributed by atoms with E-state index in [1.54, 1.807) is 13.8 Å². The van der Waals surface area contributed by atoms with Crippen LogP contribution in [0.15, 0.2) is 33.9 Å². The molecule has 7 heteroatoms. The molecule has 0 aromatic carbocycles. The van der Waals surface area contributed by atoms with Gasteiger partial charge in [0, 0.05) is 20.2 Å². The van der Waals surface area contributed by atoms with Crippen molar-refractivity contribution < 1.29 is 9.53 Å². The third-order valence-electron chi connectivity index (χ3n) is 2.69. The third kappa shape index (κ3) is 4.20. The molecule has 0 amide bonds. The molecule has 1 aromatic rings. The second kappa shape index (κ2) is 7.28. The van der Waals surface area contributed by atoms with Crippen LogP contribution in [0.5, 0.6) is 0 Å². The highest BCUT2D eigenvalue weighted by Crippen LogP contribution is 2.01. The van der Waals surface area contributed by atoms with Gasteiger partial charge in [0.2, 0.25) is 5.90 Å². The molecule has 21 heavy (non-hydrogen) atoms. The lowest BCUT2D eigenvalue weighted by Gasteiger charge is -2.10. The number of ether oxygens (including phenoxy) is 1. The van der Waals surface area contributed by atoms with Gasteiger partial charge in [-0.2, -0.15) is 0 Å². The Morgan fingerprint density at radius 3 is 2.71 bits per heavy atom. The number of carbonyl (C=O) groups is 1. The molecule has 0 aliphatic heterocycles. The van der Waals surface area contributed by atoms with Crippen molar-refractivity contribution in [1.29, 1.82) is 0 Å². The van der Waals surface area contributed by atoms with Crippen LogP contribution in [0.4, 0.5) is 0 Å². The van der Waals surface area contributed by atoms with Crippen LogP contribution in [0.2, 0.25) is 0 Å². The van der Waals surface area contributed by atoms with E-state index in [1.165, 1.54) is 31.1 Å². The number of rotatable bonds is 4. The molecule has 0 saturated carbocycles. The zero-order valence-corrected chi connectivity index (χ0v) is 12.6. The van der Waals surface area contributed by atoms with E-state index in [0.717, 1.165) is 0 Å². The topological polar surface area (TPSA) is 85.9 Å². The highest BCUT2D eigenvalue weighted by atomic mass is 16.5. The SMILES string of the molecule is C=C/N=C(/C)c1c(C)ncn(C/C(=N/C)OC(C)=O)c1=O. The van der Waals surface area contributed by atoms with Crippen molar-refractivity contribution in [1.82, 2.24) is 9.55 Å². The Morgan fingerprint density at radius 1 is 1.52 bits per heavy atom. The number of aliphatic imine (C=N–C) groups is 2. The van der Waals surface area contributed by atoms with Crippen molar-refractivity contribution in [3.05, 3.63) is 40.7 Å². The van der Waals surface area contributed by atoms with Gasteiger partial charge in [0.05, 0.1) is 23.3 Å². The Kier molecular flexibility index (Phi) is 5.71. The van der Waals surface area contributed by atoms with Crippen LogP contribution >= 0.6 is 0 Å². The lowest BCUT2D eigenvalue weighted by Crippen LogP contribution is -2.31. The lowest BCUT2D eigenvalue weighted by molar-refractivity contribution is -0.133. The first-order valence-corrected chi connectivity index (χ1v) is 6.26. The van der Waals surface area contributed by atoms with Crippen molar-refractivity contribution in [2.45, 2.75) is 27.3 Å². The van der Waals surface area contributed by atoms with Crippen molar-refractivity contribution >= 4 is 17.6 Å². The van der Waals surface area contributed by atoms with Gasteiger partial charge < -0.3 is 4.74 Å². The summed E-state index contributed by atoms with van der Waals surface area (Å²) >= 11 is 0. The zero-order valence-electron chi connectivity index (χ0n) is 12.6. The zero-order chi connectivity index (χ0) is 16.0. The predicted molar refractivity (Wildman–Crippen MR) is 80.8 cm³/mol. The fourth-order valence-corrected chi connectivity index (χ4v) is 1.76. The Morgan fingerprint density at radius 2 is 2.19 bits per heavy atom. The van der Waals surface area contributed by atoms with E-state index < -0.39 is 5.97 Å². The van der Waals surface area contributed by atoms with Crippen molar-refractivity contribution in [3.8, 4) is 0 Å². The van der Waals surface area contributed by atoms with Crippen molar-refractivity contribution in [2.24, 2.45) is 9.98 Å². The molecule has 0 saturated heterocycles. The molecule has 1 heterocycles. The van der Waals surface area contributed by atoms with E-state index in [4.69, 9.17) is 4.74 Å². The van der Waals surface area contributed by atoms with Gasteiger partial charge in [0.25, 0.3) is 5.56 Å². The van der Waals surface area contributed by atoms with Crippen molar-refractivity contribution in [3.63, 3.8) is 0 Å². The normalized spacial score (nSPS) is 12.2. The number of carbonyl (C=O) groups excluding carboxylic acids is 1. The second-order valence-electron chi connectivity index (χ2n) is 4.25. The molecule has 0 spiro atoms. The van der Waals surface area contributed by atoms with Gasteiger partial charge in [-0.1, -0.05) is 6.58 Å². The molecule has 0 bridgehead atoms. The van der Waals surface area contributed by atoms with E-state index in [2.05, 4.69) is 21.5 Å². The standard InChI is InChI=1S/C14H18N4O3/c1-6-16-9(2)13-10(3)17-8-18(14(13)20)7-12(15-5)21-11(4)19/h6,8H,1,7H2,2-5H3/b15-12-,16-9-. The van der Waals surface area contributed by atoms with Crippen LogP contribution in [-0.2, 0) is 16.1 Å². The summed E-state index contributed by atoms with van der Waals surface area (Å²) in [6.07, 6.45) is 2.75. The number of hydrogen-bond donors (Lipinski definition) is 0. The summed E-state index contributed by atoms with van der Waals surface area (Å²) in [5, 5.41) is 0. The lowest BCUT2D eigenvalue weighted by atomic mass is 10.1. The summed E-state index contributed by atoms with van der Waals surface area (Å²) in [5.41, 5.74) is 1.22. The van der Waals surface area contributed by atoms with E-state index in [1.807, 2.05) is 0 Å². The molecule has 0 N–H and O–H groups in total. The van der Waals surface area contributed by atoms with Gasteiger partial charge in [-0.15, -0.1) is 0 Å². The second-order valence-corrected chi connectivity index (χ2v) is 4.25. The van der Waals surface area contributed by atoms with Crippen LogP contribution in [0.1, 0.15) is 25.1 Å². The van der Waals surface area contributed by atoms with Gasteiger partial charge in [-0.3, -0.25) is 24.1 Å². The summed E-state index contributed by atoms with van der Waals surface area (Å²) in [5.74, 6) is -0.354. The van der Waals surface area contributed by atoms with E-state index in [0.29, 0.717) is 17.0 Å². The minimum Gasteiger partial charge on any atom is -0.410 e. The Bertz CT molecular complexity index is 671. The van der Waals surface area contributed by atoms with Crippen LogP contribution in [0.25, 0.3) is 0 Å². The smallest absolute Gasteiger partial charge is 0.309 e. The van der Waals surface area contributed by atoms with Crippen molar-refractivity contribution in [2.75, 3.05) is 7.05 Å². The first kappa shape index (κ1) is 16.5. The first-order chi connectivity index (χ1) is 9.90. The van der Waals surface area contributed by atoms with Crippen LogP contribution in [-0.4, -0.2) is 34.2 Å². The fourth-order valence-electron chi connectivity index (χ4n) is 1.76. The van der Waals surface area contributed by atoms with Gasteiger partial charge in [0.15, 0.2) is 0 Å². The highest BCUT2D eigenvalue weighted by Gasteiger charge is 2.13.